The smallest absolute Gasteiger partial charge is 0.245 e. The summed E-state index contributed by atoms with van der Waals surface area (Å²) in [5, 5.41) is 4.93. The highest BCUT2D eigenvalue weighted by Gasteiger charge is 2.28. The van der Waals surface area contributed by atoms with E-state index in [0.29, 0.717) is 25.3 Å². The number of nitrogens with zero attached hydrogens (tertiary/aromatic N) is 6. The SMILES string of the molecule is CCCc1nc(N2CCCN(C(=O)[C@@H](Cl)c3ccccc3)CC2)c2c(C)nn(-c3ccc(F)cc3)c2n1. The number of alkyl halides is 1. The lowest BCUT2D eigenvalue weighted by Gasteiger charge is -2.25. The largest absolute Gasteiger partial charge is 0.354 e. The Morgan fingerprint density at radius 3 is 2.51 bits per heavy atom. The molecule has 1 aliphatic rings. The van der Waals surface area contributed by atoms with Gasteiger partial charge in [-0.05, 0) is 49.6 Å². The van der Waals surface area contributed by atoms with Crippen LogP contribution in [0.2, 0.25) is 0 Å². The van der Waals surface area contributed by atoms with Crippen LogP contribution in [0.25, 0.3) is 16.7 Å². The Morgan fingerprint density at radius 2 is 1.78 bits per heavy atom. The van der Waals surface area contributed by atoms with Crippen LogP contribution in [0, 0.1) is 12.7 Å². The number of aromatic nitrogens is 4. The third-order valence-electron chi connectivity index (χ3n) is 6.69. The van der Waals surface area contributed by atoms with E-state index in [0.717, 1.165) is 59.8 Å². The molecule has 5 rings (SSSR count). The van der Waals surface area contributed by atoms with Gasteiger partial charge in [0.25, 0.3) is 0 Å². The zero-order valence-electron chi connectivity index (χ0n) is 21.1. The molecule has 0 bridgehead atoms. The van der Waals surface area contributed by atoms with Crippen molar-refractivity contribution in [3.8, 4) is 5.69 Å². The minimum absolute atomic E-state index is 0.0745. The van der Waals surface area contributed by atoms with Crippen molar-refractivity contribution in [2.75, 3.05) is 31.1 Å². The van der Waals surface area contributed by atoms with Crippen LogP contribution >= 0.6 is 11.6 Å². The molecular weight excluding hydrogens is 491 g/mol. The van der Waals surface area contributed by atoms with Gasteiger partial charge in [0, 0.05) is 32.6 Å². The summed E-state index contributed by atoms with van der Waals surface area (Å²) in [4.78, 5) is 27.1. The van der Waals surface area contributed by atoms with Crippen LogP contribution in [0.3, 0.4) is 0 Å². The average Bonchev–Trinajstić information content (AvgIpc) is 3.08. The fourth-order valence-electron chi connectivity index (χ4n) is 4.81. The van der Waals surface area contributed by atoms with Gasteiger partial charge in [-0.3, -0.25) is 4.79 Å². The Bertz CT molecular complexity index is 1390. The first-order valence-corrected chi connectivity index (χ1v) is 13.1. The van der Waals surface area contributed by atoms with Crippen molar-refractivity contribution < 1.29 is 9.18 Å². The molecule has 0 N–H and O–H groups in total. The third-order valence-corrected chi connectivity index (χ3v) is 7.13. The van der Waals surface area contributed by atoms with Gasteiger partial charge < -0.3 is 9.80 Å². The van der Waals surface area contributed by atoms with E-state index in [4.69, 9.17) is 26.7 Å². The first-order valence-electron chi connectivity index (χ1n) is 12.7. The zero-order chi connectivity index (χ0) is 25.9. The van der Waals surface area contributed by atoms with Crippen molar-refractivity contribution in [3.63, 3.8) is 0 Å². The molecule has 2 aromatic carbocycles. The van der Waals surface area contributed by atoms with Crippen molar-refractivity contribution in [1.29, 1.82) is 0 Å². The number of amides is 1. The van der Waals surface area contributed by atoms with Gasteiger partial charge in [-0.25, -0.2) is 19.0 Å². The lowest BCUT2D eigenvalue weighted by atomic mass is 10.1. The Morgan fingerprint density at radius 1 is 1.03 bits per heavy atom. The lowest BCUT2D eigenvalue weighted by molar-refractivity contribution is -0.130. The third kappa shape index (κ3) is 5.16. The molecule has 0 aliphatic carbocycles. The second-order valence-electron chi connectivity index (χ2n) is 9.32. The van der Waals surface area contributed by atoms with Gasteiger partial charge in [-0.1, -0.05) is 37.3 Å². The first kappa shape index (κ1) is 25.1. The molecule has 1 atom stereocenters. The van der Waals surface area contributed by atoms with E-state index < -0.39 is 5.38 Å². The van der Waals surface area contributed by atoms with Crippen molar-refractivity contribution in [2.24, 2.45) is 0 Å². The van der Waals surface area contributed by atoms with Gasteiger partial charge >= 0.3 is 0 Å². The number of aryl methyl sites for hydroxylation is 2. The Kier molecular flexibility index (Phi) is 7.37. The zero-order valence-corrected chi connectivity index (χ0v) is 21.8. The fourth-order valence-corrected chi connectivity index (χ4v) is 5.09. The van der Waals surface area contributed by atoms with E-state index in [-0.39, 0.29) is 11.7 Å². The normalized spacial score (nSPS) is 15.1. The number of anilines is 1. The van der Waals surface area contributed by atoms with Crippen LogP contribution in [0.1, 0.15) is 42.2 Å². The van der Waals surface area contributed by atoms with Crippen molar-refractivity contribution in [1.82, 2.24) is 24.6 Å². The molecular formula is C28H30ClFN6O. The number of carbonyl (C=O) groups is 1. The van der Waals surface area contributed by atoms with Gasteiger partial charge in [0.2, 0.25) is 5.91 Å². The van der Waals surface area contributed by atoms with E-state index in [1.165, 1.54) is 12.1 Å². The Labute approximate surface area is 220 Å². The van der Waals surface area contributed by atoms with Crippen molar-refractivity contribution in [2.45, 2.75) is 38.5 Å². The second kappa shape index (κ2) is 10.8. The summed E-state index contributed by atoms with van der Waals surface area (Å²) >= 11 is 6.56. The minimum Gasteiger partial charge on any atom is -0.354 e. The standard InChI is InChI=1S/C28H30ClFN6O/c1-3-8-23-31-26(24-19(2)33-36(27(24)32-23)22-13-11-21(30)12-14-22)34-15-7-16-35(18-17-34)28(37)25(29)20-9-5-4-6-10-20/h4-6,9-14,25H,3,7-8,15-18H2,1-2H3/t25-/m0/s1. The molecule has 1 aliphatic heterocycles. The maximum atomic E-state index is 13.6. The Balaban J connectivity index is 1.46. The molecule has 192 valence electrons. The summed E-state index contributed by atoms with van der Waals surface area (Å²) in [5.74, 6) is 1.21. The monoisotopic (exact) mass is 520 g/mol. The summed E-state index contributed by atoms with van der Waals surface area (Å²) in [7, 11) is 0. The molecule has 4 aromatic rings. The van der Waals surface area contributed by atoms with Crippen LogP contribution in [-0.4, -0.2) is 56.7 Å². The second-order valence-corrected chi connectivity index (χ2v) is 9.76. The van der Waals surface area contributed by atoms with E-state index in [1.54, 1.807) is 16.8 Å². The highest BCUT2D eigenvalue weighted by atomic mass is 35.5. The van der Waals surface area contributed by atoms with Crippen LogP contribution in [0.5, 0.6) is 0 Å². The number of hydrogen-bond acceptors (Lipinski definition) is 5. The quantitative estimate of drug-likeness (QED) is 0.325. The molecule has 3 heterocycles. The van der Waals surface area contributed by atoms with Crippen LogP contribution in [0.15, 0.2) is 54.6 Å². The Hall–Kier alpha value is -3.52. The fraction of sp³-hybridized carbons (Fsp3) is 0.357. The summed E-state index contributed by atoms with van der Waals surface area (Å²) in [6.07, 6.45) is 2.44. The first-order chi connectivity index (χ1) is 18.0. The number of halogens is 2. The molecule has 1 fully saturated rings. The molecule has 0 unspecified atom stereocenters. The molecule has 0 saturated carbocycles. The molecule has 0 spiro atoms. The maximum Gasteiger partial charge on any atom is 0.245 e. The van der Waals surface area contributed by atoms with Gasteiger partial charge in [0.05, 0.1) is 16.8 Å². The minimum atomic E-state index is -0.703. The topological polar surface area (TPSA) is 67.2 Å². The van der Waals surface area contributed by atoms with E-state index in [1.807, 2.05) is 42.2 Å². The van der Waals surface area contributed by atoms with Crippen LogP contribution < -0.4 is 4.90 Å². The summed E-state index contributed by atoms with van der Waals surface area (Å²) in [6.45, 7) is 6.61. The summed E-state index contributed by atoms with van der Waals surface area (Å²) < 4.78 is 15.3. The van der Waals surface area contributed by atoms with Crippen LogP contribution in [0.4, 0.5) is 10.2 Å². The molecule has 0 radical (unpaired) electrons. The summed E-state index contributed by atoms with van der Waals surface area (Å²) in [6, 6.07) is 15.7. The van der Waals surface area contributed by atoms with Crippen molar-refractivity contribution >= 4 is 34.4 Å². The number of fused-ring (bicyclic) bond motifs is 1. The molecule has 1 amide bonds. The average molecular weight is 521 g/mol. The van der Waals surface area contributed by atoms with E-state index in [2.05, 4.69) is 11.8 Å². The van der Waals surface area contributed by atoms with Gasteiger partial charge in [0.15, 0.2) is 5.65 Å². The molecule has 2 aromatic heterocycles. The number of hydrogen-bond donors (Lipinski definition) is 0. The van der Waals surface area contributed by atoms with E-state index in [9.17, 15) is 9.18 Å². The molecule has 7 nitrogen and oxygen atoms in total. The van der Waals surface area contributed by atoms with Gasteiger partial charge in [-0.2, -0.15) is 5.10 Å². The van der Waals surface area contributed by atoms with Gasteiger partial charge in [-0.15, -0.1) is 11.6 Å². The van der Waals surface area contributed by atoms with E-state index >= 15 is 0 Å². The van der Waals surface area contributed by atoms with Gasteiger partial charge in [0.1, 0.15) is 22.8 Å². The highest BCUT2D eigenvalue weighted by Crippen LogP contribution is 2.31. The maximum absolute atomic E-state index is 13.6. The summed E-state index contributed by atoms with van der Waals surface area (Å²) in [5.41, 5.74) is 3.06. The number of rotatable bonds is 6. The highest BCUT2D eigenvalue weighted by molar-refractivity contribution is 6.30. The molecule has 37 heavy (non-hydrogen) atoms. The lowest BCUT2D eigenvalue weighted by Crippen LogP contribution is -2.37. The predicted molar refractivity (Wildman–Crippen MR) is 144 cm³/mol. The van der Waals surface area contributed by atoms with Crippen molar-refractivity contribution in [3.05, 3.63) is 77.5 Å². The molecule has 9 heteroatoms. The number of carbonyl (C=O) groups excluding carboxylic acids is 1. The predicted octanol–water partition coefficient (Wildman–Crippen LogP) is 5.23. The number of benzene rings is 2. The van der Waals surface area contributed by atoms with Crippen LogP contribution in [-0.2, 0) is 11.2 Å². The molecule has 1 saturated heterocycles.